The molecule has 1 heterocycles. The molecule has 2 aromatic carbocycles. The SMILES string of the molecule is CC(=O)c1ccc(Nc2ccnc(Nc3cc(Cl)ccc3Cl)n2)cc1. The molecule has 3 aromatic rings. The molecule has 0 aliphatic rings. The van der Waals surface area contributed by atoms with E-state index in [0.717, 1.165) is 5.69 Å². The van der Waals surface area contributed by atoms with Crippen LogP contribution in [-0.4, -0.2) is 15.8 Å². The highest BCUT2D eigenvalue weighted by Gasteiger charge is 2.05. The number of halogens is 2. The number of aromatic nitrogens is 2. The van der Waals surface area contributed by atoms with Gasteiger partial charge in [0.05, 0.1) is 10.7 Å². The molecule has 2 N–H and O–H groups in total. The summed E-state index contributed by atoms with van der Waals surface area (Å²) in [5.74, 6) is 1.01. The third-order valence-electron chi connectivity index (χ3n) is 3.39. The Morgan fingerprint density at radius 1 is 1.00 bits per heavy atom. The maximum absolute atomic E-state index is 11.3. The summed E-state index contributed by atoms with van der Waals surface area (Å²) < 4.78 is 0. The van der Waals surface area contributed by atoms with Gasteiger partial charge in [-0.1, -0.05) is 23.2 Å². The third-order valence-corrected chi connectivity index (χ3v) is 3.96. The summed E-state index contributed by atoms with van der Waals surface area (Å²) in [5.41, 5.74) is 2.10. The molecule has 0 aliphatic carbocycles. The Morgan fingerprint density at radius 2 is 1.76 bits per heavy atom. The first-order valence-corrected chi connectivity index (χ1v) is 8.20. The number of hydrogen-bond acceptors (Lipinski definition) is 5. The minimum absolute atomic E-state index is 0.0264. The molecule has 0 saturated carbocycles. The Morgan fingerprint density at radius 3 is 2.48 bits per heavy atom. The van der Waals surface area contributed by atoms with E-state index in [-0.39, 0.29) is 5.78 Å². The lowest BCUT2D eigenvalue weighted by molar-refractivity contribution is 0.101. The molecule has 3 rings (SSSR count). The third kappa shape index (κ3) is 4.47. The number of carbonyl (C=O) groups excluding carboxylic acids is 1. The quantitative estimate of drug-likeness (QED) is 0.580. The lowest BCUT2D eigenvalue weighted by Crippen LogP contribution is -2.01. The van der Waals surface area contributed by atoms with Crippen molar-refractivity contribution in [3.63, 3.8) is 0 Å². The number of hydrogen-bond donors (Lipinski definition) is 2. The molecule has 0 saturated heterocycles. The van der Waals surface area contributed by atoms with Crippen molar-refractivity contribution in [3.05, 3.63) is 70.3 Å². The molecule has 1 aromatic heterocycles. The number of carbonyl (C=O) groups is 1. The van der Waals surface area contributed by atoms with Gasteiger partial charge in [0.15, 0.2) is 5.78 Å². The van der Waals surface area contributed by atoms with Crippen LogP contribution >= 0.6 is 23.2 Å². The van der Waals surface area contributed by atoms with Crippen molar-refractivity contribution in [1.29, 1.82) is 0 Å². The van der Waals surface area contributed by atoms with Crippen LogP contribution in [0.25, 0.3) is 0 Å². The molecule has 126 valence electrons. The average molecular weight is 373 g/mol. The van der Waals surface area contributed by atoms with Crippen LogP contribution in [0.5, 0.6) is 0 Å². The van der Waals surface area contributed by atoms with Crippen LogP contribution in [0.1, 0.15) is 17.3 Å². The number of nitrogens with zero attached hydrogens (tertiary/aromatic N) is 2. The van der Waals surface area contributed by atoms with Gasteiger partial charge in [0.2, 0.25) is 5.95 Å². The van der Waals surface area contributed by atoms with Crippen molar-refractivity contribution in [1.82, 2.24) is 9.97 Å². The van der Waals surface area contributed by atoms with Crippen LogP contribution in [-0.2, 0) is 0 Å². The Hall–Kier alpha value is -2.63. The van der Waals surface area contributed by atoms with Crippen molar-refractivity contribution < 1.29 is 4.79 Å². The van der Waals surface area contributed by atoms with Crippen LogP contribution in [0, 0.1) is 0 Å². The van der Waals surface area contributed by atoms with Crippen LogP contribution < -0.4 is 10.6 Å². The number of anilines is 4. The minimum atomic E-state index is 0.0264. The van der Waals surface area contributed by atoms with Gasteiger partial charge >= 0.3 is 0 Å². The highest BCUT2D eigenvalue weighted by Crippen LogP contribution is 2.27. The first-order chi connectivity index (χ1) is 12.0. The van der Waals surface area contributed by atoms with E-state index in [2.05, 4.69) is 20.6 Å². The summed E-state index contributed by atoms with van der Waals surface area (Å²) in [6, 6.07) is 14.0. The zero-order valence-corrected chi connectivity index (χ0v) is 14.8. The summed E-state index contributed by atoms with van der Waals surface area (Å²) in [6.45, 7) is 1.53. The number of ketones is 1. The summed E-state index contributed by atoms with van der Waals surface area (Å²) in [7, 11) is 0. The highest BCUT2D eigenvalue weighted by molar-refractivity contribution is 6.35. The van der Waals surface area contributed by atoms with Gasteiger partial charge in [-0.15, -0.1) is 0 Å². The number of nitrogens with one attached hydrogen (secondary N) is 2. The second-order valence-corrected chi connectivity index (χ2v) is 6.12. The van der Waals surface area contributed by atoms with Gasteiger partial charge in [0, 0.05) is 22.5 Å². The smallest absolute Gasteiger partial charge is 0.229 e. The molecule has 0 fully saturated rings. The van der Waals surface area contributed by atoms with Crippen molar-refractivity contribution in [3.8, 4) is 0 Å². The fourth-order valence-corrected chi connectivity index (χ4v) is 2.48. The molecule has 5 nitrogen and oxygen atoms in total. The molecule has 0 atom stereocenters. The molecule has 25 heavy (non-hydrogen) atoms. The number of rotatable bonds is 5. The summed E-state index contributed by atoms with van der Waals surface area (Å²) in [6.07, 6.45) is 1.63. The van der Waals surface area contributed by atoms with Crippen molar-refractivity contribution in [2.24, 2.45) is 0 Å². The van der Waals surface area contributed by atoms with Crippen LogP contribution in [0.3, 0.4) is 0 Å². The van der Waals surface area contributed by atoms with E-state index in [0.29, 0.717) is 33.1 Å². The van der Waals surface area contributed by atoms with E-state index in [4.69, 9.17) is 23.2 Å². The Balaban J connectivity index is 1.77. The molecule has 0 bridgehead atoms. The Kier molecular flexibility index (Phi) is 5.16. The van der Waals surface area contributed by atoms with Crippen LogP contribution in [0.4, 0.5) is 23.1 Å². The number of benzene rings is 2. The van der Waals surface area contributed by atoms with Crippen LogP contribution in [0.2, 0.25) is 10.0 Å². The first kappa shape index (κ1) is 17.2. The zero-order valence-electron chi connectivity index (χ0n) is 13.3. The van der Waals surface area contributed by atoms with E-state index in [9.17, 15) is 4.79 Å². The summed E-state index contributed by atoms with van der Waals surface area (Å²) in [5, 5.41) is 7.28. The van der Waals surface area contributed by atoms with E-state index in [1.165, 1.54) is 6.92 Å². The maximum Gasteiger partial charge on any atom is 0.229 e. The van der Waals surface area contributed by atoms with E-state index in [1.54, 1.807) is 42.6 Å². The lowest BCUT2D eigenvalue weighted by atomic mass is 10.1. The number of Topliss-reactive ketones (excluding diaryl/α,β-unsaturated/α-hetero) is 1. The lowest BCUT2D eigenvalue weighted by Gasteiger charge is -2.10. The molecule has 0 amide bonds. The topological polar surface area (TPSA) is 66.9 Å². The molecule has 0 spiro atoms. The maximum atomic E-state index is 11.3. The van der Waals surface area contributed by atoms with E-state index >= 15 is 0 Å². The Bertz CT molecular complexity index is 913. The monoisotopic (exact) mass is 372 g/mol. The van der Waals surface area contributed by atoms with Crippen molar-refractivity contribution in [2.45, 2.75) is 6.92 Å². The minimum Gasteiger partial charge on any atom is -0.340 e. The molecule has 0 unspecified atom stereocenters. The molecule has 7 heteroatoms. The zero-order chi connectivity index (χ0) is 17.8. The van der Waals surface area contributed by atoms with E-state index < -0.39 is 0 Å². The van der Waals surface area contributed by atoms with Gasteiger partial charge in [-0.2, -0.15) is 4.98 Å². The second kappa shape index (κ2) is 7.51. The van der Waals surface area contributed by atoms with Crippen molar-refractivity contribution >= 4 is 52.1 Å². The van der Waals surface area contributed by atoms with Crippen molar-refractivity contribution in [2.75, 3.05) is 10.6 Å². The summed E-state index contributed by atoms with van der Waals surface area (Å²) in [4.78, 5) is 19.9. The predicted octanol–water partition coefficient (Wildman–Crippen LogP) is 5.47. The van der Waals surface area contributed by atoms with Gasteiger partial charge in [-0.25, -0.2) is 4.98 Å². The molecule has 0 aliphatic heterocycles. The van der Waals surface area contributed by atoms with Gasteiger partial charge in [-0.05, 0) is 55.5 Å². The Labute approximate surface area is 155 Å². The molecular weight excluding hydrogens is 359 g/mol. The summed E-state index contributed by atoms with van der Waals surface area (Å²) >= 11 is 12.1. The van der Waals surface area contributed by atoms with Gasteiger partial charge in [0.25, 0.3) is 0 Å². The standard InChI is InChI=1S/C18H14Cl2N4O/c1-11(25)12-2-5-14(6-3-12)22-17-8-9-21-18(24-17)23-16-10-13(19)4-7-15(16)20/h2-10H,1H3,(H2,21,22,23,24). The molecular formula is C18H14Cl2N4O. The van der Waals surface area contributed by atoms with Gasteiger partial charge < -0.3 is 10.6 Å². The predicted molar refractivity (Wildman–Crippen MR) is 102 cm³/mol. The van der Waals surface area contributed by atoms with E-state index in [1.807, 2.05) is 12.1 Å². The fourth-order valence-electron chi connectivity index (χ4n) is 2.14. The highest BCUT2D eigenvalue weighted by atomic mass is 35.5. The van der Waals surface area contributed by atoms with Gasteiger partial charge in [0.1, 0.15) is 5.82 Å². The van der Waals surface area contributed by atoms with Crippen LogP contribution in [0.15, 0.2) is 54.7 Å². The largest absolute Gasteiger partial charge is 0.340 e. The average Bonchev–Trinajstić information content (AvgIpc) is 2.59. The molecule has 0 radical (unpaired) electrons. The normalized spacial score (nSPS) is 10.4. The fraction of sp³-hybridized carbons (Fsp3) is 0.0556. The second-order valence-electron chi connectivity index (χ2n) is 5.27. The van der Waals surface area contributed by atoms with Gasteiger partial charge in [-0.3, -0.25) is 4.79 Å². The first-order valence-electron chi connectivity index (χ1n) is 7.44.